The van der Waals surface area contributed by atoms with Crippen LogP contribution in [-0.4, -0.2) is 18.7 Å². The number of esters is 1. The van der Waals surface area contributed by atoms with Crippen molar-refractivity contribution in [2.45, 2.75) is 6.92 Å². The van der Waals surface area contributed by atoms with Crippen molar-refractivity contribution in [1.29, 1.82) is 0 Å². The van der Waals surface area contributed by atoms with E-state index in [1.54, 1.807) is 13.0 Å². The Hall–Kier alpha value is -1.64. The van der Waals surface area contributed by atoms with Gasteiger partial charge in [-0.1, -0.05) is 17.7 Å². The van der Waals surface area contributed by atoms with Crippen LogP contribution >= 0.6 is 11.6 Å². The van der Waals surface area contributed by atoms with Gasteiger partial charge in [-0.25, -0.2) is 9.59 Å². The van der Waals surface area contributed by atoms with E-state index in [0.29, 0.717) is 0 Å². The highest BCUT2D eigenvalue weighted by Crippen LogP contribution is 2.27. The third-order valence-electron chi connectivity index (χ3n) is 1.64. The summed E-state index contributed by atoms with van der Waals surface area (Å²) in [4.78, 5) is 25.0. The standard InChI is InChI=1S/C10H8ClNO3/c1-2-15-10(14)9-7(11)4-3-5-8(9)12-6-13/h3-5H,2H2,1H3. The fraction of sp³-hybridized carbons (Fsp3) is 0.200. The van der Waals surface area contributed by atoms with E-state index in [-0.39, 0.29) is 22.9 Å². The third kappa shape index (κ3) is 2.65. The number of ether oxygens (including phenoxy) is 1. The first-order valence-corrected chi connectivity index (χ1v) is 4.62. The van der Waals surface area contributed by atoms with Crippen LogP contribution in [0.3, 0.4) is 0 Å². The van der Waals surface area contributed by atoms with E-state index >= 15 is 0 Å². The summed E-state index contributed by atoms with van der Waals surface area (Å²) in [6.45, 7) is 1.91. The Balaban J connectivity index is 3.23. The molecule has 5 heteroatoms. The number of hydrogen-bond donors (Lipinski definition) is 0. The van der Waals surface area contributed by atoms with Gasteiger partial charge in [0.05, 0.1) is 17.3 Å². The number of carbonyl (C=O) groups is 1. The van der Waals surface area contributed by atoms with E-state index in [4.69, 9.17) is 16.3 Å². The highest BCUT2D eigenvalue weighted by atomic mass is 35.5. The van der Waals surface area contributed by atoms with Crippen molar-refractivity contribution >= 4 is 29.3 Å². The molecule has 0 N–H and O–H groups in total. The van der Waals surface area contributed by atoms with Gasteiger partial charge in [-0.3, -0.25) is 0 Å². The lowest BCUT2D eigenvalue weighted by molar-refractivity contribution is 0.0527. The largest absolute Gasteiger partial charge is 0.462 e. The summed E-state index contributed by atoms with van der Waals surface area (Å²) in [6.07, 6.45) is 1.36. The molecule has 0 unspecified atom stereocenters. The van der Waals surface area contributed by atoms with Crippen molar-refractivity contribution in [3.63, 3.8) is 0 Å². The SMILES string of the molecule is CCOC(=O)c1c(Cl)cccc1N=C=O. The summed E-state index contributed by atoms with van der Waals surface area (Å²) in [5.41, 5.74) is 0.250. The van der Waals surface area contributed by atoms with Crippen LogP contribution in [0.5, 0.6) is 0 Å². The maximum absolute atomic E-state index is 11.5. The minimum atomic E-state index is -0.600. The summed E-state index contributed by atoms with van der Waals surface area (Å²) in [5, 5.41) is 0.199. The average molecular weight is 226 g/mol. The Kier molecular flexibility index (Phi) is 4.03. The van der Waals surface area contributed by atoms with E-state index < -0.39 is 5.97 Å². The van der Waals surface area contributed by atoms with Crippen LogP contribution in [0.2, 0.25) is 5.02 Å². The Labute approximate surface area is 91.5 Å². The van der Waals surface area contributed by atoms with Gasteiger partial charge in [0.2, 0.25) is 6.08 Å². The lowest BCUT2D eigenvalue weighted by atomic mass is 10.2. The van der Waals surface area contributed by atoms with Crippen LogP contribution in [0.4, 0.5) is 5.69 Å². The summed E-state index contributed by atoms with van der Waals surface area (Å²) >= 11 is 5.81. The monoisotopic (exact) mass is 225 g/mol. The molecule has 0 amide bonds. The minimum Gasteiger partial charge on any atom is -0.462 e. The molecule has 0 bridgehead atoms. The second-order valence-corrected chi connectivity index (χ2v) is 2.96. The van der Waals surface area contributed by atoms with Gasteiger partial charge in [0.1, 0.15) is 5.56 Å². The molecule has 78 valence electrons. The van der Waals surface area contributed by atoms with Gasteiger partial charge in [0.25, 0.3) is 0 Å². The molecular formula is C10H8ClNO3. The summed E-state index contributed by atoms with van der Waals surface area (Å²) < 4.78 is 4.78. The number of rotatable bonds is 3. The van der Waals surface area contributed by atoms with Gasteiger partial charge in [0, 0.05) is 0 Å². The van der Waals surface area contributed by atoms with Crippen LogP contribution < -0.4 is 0 Å². The van der Waals surface area contributed by atoms with Crippen molar-refractivity contribution in [3.8, 4) is 0 Å². The van der Waals surface area contributed by atoms with Crippen molar-refractivity contribution in [3.05, 3.63) is 28.8 Å². The Morgan fingerprint density at radius 3 is 2.93 bits per heavy atom. The predicted octanol–water partition coefficient (Wildman–Crippen LogP) is 2.48. The quantitative estimate of drug-likeness (QED) is 0.451. The molecule has 0 heterocycles. The topological polar surface area (TPSA) is 55.7 Å². The second kappa shape index (κ2) is 5.29. The molecule has 0 fully saturated rings. The number of halogens is 1. The zero-order valence-electron chi connectivity index (χ0n) is 7.99. The molecule has 1 rings (SSSR count). The zero-order chi connectivity index (χ0) is 11.3. The van der Waals surface area contributed by atoms with Gasteiger partial charge in [-0.05, 0) is 19.1 Å². The van der Waals surface area contributed by atoms with E-state index in [1.165, 1.54) is 18.2 Å². The number of aliphatic imine (C=N–C) groups is 1. The summed E-state index contributed by atoms with van der Waals surface area (Å²) in [5.74, 6) is -0.600. The molecular weight excluding hydrogens is 218 g/mol. The maximum Gasteiger partial charge on any atom is 0.341 e. The van der Waals surface area contributed by atoms with Gasteiger partial charge >= 0.3 is 5.97 Å². The molecule has 1 aromatic rings. The van der Waals surface area contributed by atoms with Crippen molar-refractivity contribution < 1.29 is 14.3 Å². The molecule has 15 heavy (non-hydrogen) atoms. The molecule has 0 saturated heterocycles. The first kappa shape index (κ1) is 11.4. The van der Waals surface area contributed by atoms with Crippen LogP contribution in [0, 0.1) is 0 Å². The molecule has 4 nitrogen and oxygen atoms in total. The molecule has 0 saturated carbocycles. The first-order chi connectivity index (χ1) is 7.20. The van der Waals surface area contributed by atoms with E-state index in [1.807, 2.05) is 0 Å². The number of benzene rings is 1. The van der Waals surface area contributed by atoms with Gasteiger partial charge in [-0.2, -0.15) is 4.99 Å². The Morgan fingerprint density at radius 2 is 2.33 bits per heavy atom. The lowest BCUT2D eigenvalue weighted by Gasteiger charge is -2.05. The number of nitrogens with zero attached hydrogens (tertiary/aromatic N) is 1. The molecule has 0 aliphatic rings. The maximum atomic E-state index is 11.5. The van der Waals surface area contributed by atoms with Crippen molar-refractivity contribution in [2.75, 3.05) is 6.61 Å². The van der Waals surface area contributed by atoms with Gasteiger partial charge in [0.15, 0.2) is 0 Å². The molecule has 1 aromatic carbocycles. The van der Waals surface area contributed by atoms with E-state index in [2.05, 4.69) is 4.99 Å². The van der Waals surface area contributed by atoms with Crippen LogP contribution in [-0.2, 0) is 9.53 Å². The third-order valence-corrected chi connectivity index (χ3v) is 1.95. The first-order valence-electron chi connectivity index (χ1n) is 4.24. The summed E-state index contributed by atoms with van der Waals surface area (Å²) in [7, 11) is 0. The minimum absolute atomic E-state index is 0.0874. The highest BCUT2D eigenvalue weighted by Gasteiger charge is 2.16. The second-order valence-electron chi connectivity index (χ2n) is 2.56. The van der Waals surface area contributed by atoms with Gasteiger partial charge < -0.3 is 4.74 Å². The average Bonchev–Trinajstić information content (AvgIpc) is 2.18. The van der Waals surface area contributed by atoms with Gasteiger partial charge in [-0.15, -0.1) is 0 Å². The fourth-order valence-corrected chi connectivity index (χ4v) is 1.31. The molecule has 0 radical (unpaired) electrons. The van der Waals surface area contributed by atoms with Crippen molar-refractivity contribution in [1.82, 2.24) is 0 Å². The normalized spacial score (nSPS) is 9.20. The van der Waals surface area contributed by atoms with E-state index in [9.17, 15) is 9.59 Å². The highest BCUT2D eigenvalue weighted by molar-refractivity contribution is 6.34. The number of isocyanates is 1. The zero-order valence-corrected chi connectivity index (χ0v) is 8.75. The smallest absolute Gasteiger partial charge is 0.341 e. The van der Waals surface area contributed by atoms with E-state index in [0.717, 1.165) is 0 Å². The van der Waals surface area contributed by atoms with Crippen molar-refractivity contribution in [2.24, 2.45) is 4.99 Å². The molecule has 0 atom stereocenters. The van der Waals surface area contributed by atoms with Crippen LogP contribution in [0.25, 0.3) is 0 Å². The summed E-state index contributed by atoms with van der Waals surface area (Å²) in [6, 6.07) is 4.60. The molecule has 0 aliphatic heterocycles. The van der Waals surface area contributed by atoms with Crippen LogP contribution in [0.15, 0.2) is 23.2 Å². The lowest BCUT2D eigenvalue weighted by Crippen LogP contribution is -2.05. The number of carbonyl (C=O) groups excluding carboxylic acids is 2. The molecule has 0 aliphatic carbocycles. The molecule has 0 spiro atoms. The fourth-order valence-electron chi connectivity index (χ4n) is 1.06. The predicted molar refractivity (Wildman–Crippen MR) is 55.2 cm³/mol. The Bertz CT molecular complexity index is 425. The van der Waals surface area contributed by atoms with Crippen LogP contribution in [0.1, 0.15) is 17.3 Å². The number of hydrogen-bond acceptors (Lipinski definition) is 4. The molecule has 0 aromatic heterocycles. The Morgan fingerprint density at radius 1 is 1.60 bits per heavy atom.